The number of ether oxygens (including phenoxy) is 2. The maximum absolute atomic E-state index is 16.7. The quantitative estimate of drug-likeness (QED) is 0.0894. The van der Waals surface area contributed by atoms with Crippen LogP contribution in [0.5, 0.6) is 5.75 Å². The van der Waals surface area contributed by atoms with Crippen molar-refractivity contribution in [1.29, 1.82) is 0 Å². The topological polar surface area (TPSA) is 235 Å². The lowest BCUT2D eigenvalue weighted by Crippen LogP contribution is -2.88. The van der Waals surface area contributed by atoms with Crippen LogP contribution >= 0.6 is 21.6 Å². The van der Waals surface area contributed by atoms with E-state index in [9.17, 15) is 40.5 Å². The third-order valence-electron chi connectivity index (χ3n) is 24.4. The summed E-state index contributed by atoms with van der Waals surface area (Å²) in [6, 6.07) is 12.3. The summed E-state index contributed by atoms with van der Waals surface area (Å²) in [7, 11) is 2.93. The molecule has 4 heterocycles. The number of benzene rings is 2. The van der Waals surface area contributed by atoms with Gasteiger partial charge < -0.3 is 60.6 Å². The van der Waals surface area contributed by atoms with Crippen molar-refractivity contribution in [3.63, 3.8) is 0 Å². The van der Waals surface area contributed by atoms with E-state index in [0.29, 0.717) is 68.5 Å². The molecule has 0 amide bonds. The van der Waals surface area contributed by atoms with Crippen LogP contribution in [-0.2, 0) is 22.6 Å². The summed E-state index contributed by atoms with van der Waals surface area (Å²) in [6.45, 7) is -0.294. The van der Waals surface area contributed by atoms with Crippen LogP contribution in [0.2, 0.25) is 0 Å². The molecule has 5 spiro atoms. The first-order valence-electron chi connectivity index (χ1n) is 30.5. The number of aliphatic hydroxyl groups excluding tert-OH is 5. The van der Waals surface area contributed by atoms with Crippen LogP contribution in [-0.4, -0.2) is 113 Å². The molecule has 2 aromatic rings. The number of allylic oxidation sites excluding steroid dienone is 6. The summed E-state index contributed by atoms with van der Waals surface area (Å²) in [5.41, 5.74) is -3.57. The molecule has 2 saturated heterocycles. The lowest BCUT2D eigenvalue weighted by Gasteiger charge is -2.72. The molecule has 14 aliphatic rings. The first-order chi connectivity index (χ1) is 39.0. The molecule has 0 radical (unpaired) electrons. The van der Waals surface area contributed by atoms with Crippen LogP contribution in [0.4, 0.5) is 0 Å². The number of hydrogen-bond acceptors (Lipinski definition) is 16. The monoisotopic (exact) mass is 1140 g/mol. The molecule has 10 bridgehead atoms. The molecule has 10 aliphatic carbocycles. The smallest absolute Gasteiger partial charge is 0.240 e. The molecular formula is C65H78N2O12S2. The Labute approximate surface area is 481 Å². The highest BCUT2D eigenvalue weighted by molar-refractivity contribution is 8.76. The number of rotatable bonds is 8. The summed E-state index contributed by atoms with van der Waals surface area (Å²) in [6.07, 6.45) is 17.7. The van der Waals surface area contributed by atoms with Gasteiger partial charge in [-0.15, -0.1) is 0 Å². The summed E-state index contributed by atoms with van der Waals surface area (Å²) < 4.78 is 14.4. The number of ketones is 2. The average molecular weight is 1140 g/mol. The van der Waals surface area contributed by atoms with Gasteiger partial charge in [0.15, 0.2) is 17.7 Å². The van der Waals surface area contributed by atoms with Crippen molar-refractivity contribution in [3.8, 4) is 5.75 Å². The van der Waals surface area contributed by atoms with E-state index in [4.69, 9.17) is 9.47 Å². The van der Waals surface area contributed by atoms with Gasteiger partial charge in [0.25, 0.3) is 0 Å². The zero-order chi connectivity index (χ0) is 55.7. The second-order valence-corrected chi connectivity index (χ2v) is 30.5. The average Bonchev–Trinajstić information content (AvgIpc) is 2.46. The highest BCUT2D eigenvalue weighted by Gasteiger charge is 2.84. The van der Waals surface area contributed by atoms with Crippen LogP contribution in [0.15, 0.2) is 89.0 Å². The molecule has 16 rings (SSSR count). The van der Waals surface area contributed by atoms with Crippen molar-refractivity contribution in [2.45, 2.75) is 175 Å². The van der Waals surface area contributed by atoms with Crippen molar-refractivity contribution in [1.82, 2.24) is 10.6 Å². The van der Waals surface area contributed by atoms with Gasteiger partial charge in [-0.25, -0.2) is 0 Å². The van der Waals surface area contributed by atoms with E-state index in [2.05, 4.69) is 16.7 Å². The minimum absolute atomic E-state index is 0.00909. The predicted octanol–water partition coefficient (Wildman–Crippen LogP) is 8.23. The van der Waals surface area contributed by atoms with E-state index in [1.165, 1.54) is 33.4 Å². The largest absolute Gasteiger partial charge is 0.511 e. The Kier molecular flexibility index (Phi) is 12.4. The van der Waals surface area contributed by atoms with E-state index in [1.54, 1.807) is 24.3 Å². The van der Waals surface area contributed by atoms with Crippen LogP contribution in [0.25, 0.3) is 0 Å². The fraction of sp³-hybridized carbons (Fsp3) is 0.646. The van der Waals surface area contributed by atoms with Gasteiger partial charge in [0.2, 0.25) is 5.79 Å². The summed E-state index contributed by atoms with van der Waals surface area (Å²) in [4.78, 5) is 46.2. The first kappa shape index (κ1) is 53.7. The number of dihydropyridines is 1. The normalized spacial score (nSPS) is 43.7. The lowest BCUT2D eigenvalue weighted by atomic mass is 9.42. The summed E-state index contributed by atoms with van der Waals surface area (Å²) in [5, 5.41) is 95.5. The van der Waals surface area contributed by atoms with Crippen LogP contribution in [0.1, 0.15) is 154 Å². The second-order valence-electron chi connectivity index (χ2n) is 27.9. The fourth-order valence-corrected chi connectivity index (χ4v) is 24.2. The predicted molar refractivity (Wildman–Crippen MR) is 304 cm³/mol. The van der Waals surface area contributed by atoms with Crippen molar-refractivity contribution < 1.29 is 59.6 Å². The summed E-state index contributed by atoms with van der Waals surface area (Å²) in [5.74, 6) is -5.14. The van der Waals surface area contributed by atoms with Gasteiger partial charge in [0, 0.05) is 41.0 Å². The summed E-state index contributed by atoms with van der Waals surface area (Å²) >= 11 is 0. The minimum atomic E-state index is -2.35. The van der Waals surface area contributed by atoms with E-state index < -0.39 is 86.8 Å². The first-order valence-corrected chi connectivity index (χ1v) is 32.9. The number of nitrogens with one attached hydrogen (secondary N) is 2. The molecule has 0 aromatic heterocycles. The van der Waals surface area contributed by atoms with Crippen LogP contribution in [0, 0.1) is 63.1 Å². The van der Waals surface area contributed by atoms with E-state index in [0.717, 1.165) is 87.6 Å². The molecule has 16 atom stereocenters. The third kappa shape index (κ3) is 7.29. The molecule has 14 nitrogen and oxygen atoms in total. The highest BCUT2D eigenvalue weighted by atomic mass is 33.1. The van der Waals surface area contributed by atoms with E-state index in [-0.39, 0.29) is 76.6 Å². The molecule has 16 unspecified atom stereocenters. The molecular weight excluding hydrogens is 1060 g/mol. The Hall–Kier alpha value is -3.97. The van der Waals surface area contributed by atoms with Crippen molar-refractivity contribution in [2.24, 2.45) is 63.1 Å². The van der Waals surface area contributed by atoms with Gasteiger partial charge in [-0.1, -0.05) is 96.2 Å². The number of hydrogen-bond donors (Lipinski definition) is 9. The zero-order valence-corrected chi connectivity index (χ0v) is 47.7. The Morgan fingerprint density at radius 3 is 2.44 bits per heavy atom. The van der Waals surface area contributed by atoms with Gasteiger partial charge in [0.1, 0.15) is 40.5 Å². The minimum Gasteiger partial charge on any atom is -0.511 e. The zero-order valence-electron chi connectivity index (χ0n) is 46.1. The molecule has 432 valence electrons. The standard InChI is InChI=1S/C65H78N2O12S2/c68-30-37-9-6-8-36(20-37)21-38-22-47-53(72)42-10-7-11-48-52(42)55(73)64(47,49(71)23-38)50(13-18-60(76)16-2-1-3-17-60)81-80-35-67-51-26-46-44(29-66-51)39-24-40-28-59(32-58(14-4-5-15-58)27-41(59)31-69)33-61(40,46)54-43(25-39)45-12-19-63(78-48)57(75)65(54,77)56(74)62(45,34-70)79-63/h6-11,20,22-23,26,31,39-41,43,45,47,50,54,56-57,66-68,70-71,74-77H,1-5,12-19,21,24-25,27-30,32-35H2. The van der Waals surface area contributed by atoms with Crippen molar-refractivity contribution in [2.75, 3.05) is 19.0 Å². The van der Waals surface area contributed by atoms with E-state index >= 15 is 9.59 Å². The number of carbonyl (C=O) groups is 3. The Morgan fingerprint density at radius 1 is 0.864 bits per heavy atom. The Bertz CT molecular complexity index is 3130. The molecule has 8 fully saturated rings. The van der Waals surface area contributed by atoms with Crippen molar-refractivity contribution in [3.05, 3.63) is 111 Å². The molecule has 2 aromatic carbocycles. The number of carbonyl (C=O) groups excluding carboxylic acids is 3. The lowest BCUT2D eigenvalue weighted by molar-refractivity contribution is -0.461. The molecule has 6 saturated carbocycles. The van der Waals surface area contributed by atoms with E-state index in [1.807, 2.05) is 30.3 Å². The van der Waals surface area contributed by atoms with Gasteiger partial charge in [0.05, 0.1) is 42.0 Å². The number of aliphatic hydroxyl groups is 7. The van der Waals surface area contributed by atoms with Gasteiger partial charge in [-0.3, -0.25) is 9.59 Å². The fourth-order valence-electron chi connectivity index (χ4n) is 21.4. The number of aldehydes is 1. The van der Waals surface area contributed by atoms with Crippen LogP contribution in [0.3, 0.4) is 0 Å². The van der Waals surface area contributed by atoms with Gasteiger partial charge in [-0.05, 0) is 170 Å². The highest BCUT2D eigenvalue weighted by Crippen LogP contribution is 2.80. The van der Waals surface area contributed by atoms with Crippen LogP contribution < -0.4 is 15.4 Å². The molecule has 4 aliphatic heterocycles. The second kappa shape index (κ2) is 18.8. The molecule has 9 N–H and O–H groups in total. The maximum atomic E-state index is 16.7. The number of Topliss-reactive ketones (excluding diaryl/α,β-unsaturated/α-hetero) is 2. The Morgan fingerprint density at radius 2 is 1.65 bits per heavy atom. The molecule has 81 heavy (non-hydrogen) atoms. The maximum Gasteiger partial charge on any atom is 0.240 e. The third-order valence-corrected chi connectivity index (χ3v) is 27.1. The van der Waals surface area contributed by atoms with Crippen molar-refractivity contribution >= 4 is 39.4 Å². The molecule has 16 heteroatoms. The Balaban J connectivity index is 0.916. The van der Waals surface area contributed by atoms with Gasteiger partial charge in [-0.2, -0.15) is 0 Å². The van der Waals surface area contributed by atoms with Gasteiger partial charge >= 0.3 is 0 Å². The SMILES string of the molecule is O=CC1CC2(CCCC2)CC12CC1CC3CC4C5CCC67Oc8cccc9c8C(=O)C8(C(O)=CC(Cc%10cccc(CO)c%10)=CC8C9=O)C(CCC8(O)CCCCC8)SSCNC8=CC(=C3CN8)C1(C2)C4C(O)(C6O)C(O)C5(CO)O7.